The topological polar surface area (TPSA) is 95.8 Å². The van der Waals surface area contributed by atoms with Gasteiger partial charge in [-0.1, -0.05) is 40.5 Å². The van der Waals surface area contributed by atoms with Crippen LogP contribution in [-0.2, 0) is 0 Å². The molecule has 0 bridgehead atoms. The van der Waals surface area contributed by atoms with Crippen LogP contribution in [0.15, 0.2) is 111 Å². The van der Waals surface area contributed by atoms with Crippen LogP contribution < -0.4 is 33.9 Å². The van der Waals surface area contributed by atoms with E-state index in [2.05, 4.69) is 80.4 Å². The number of hydrogen-bond acceptors (Lipinski definition) is 12. The molecular formula is C48H59B2Br2O8S4-. The molecule has 8 nitrogen and oxygen atoms in total. The number of thiophene rings is 4. The lowest BCUT2D eigenvalue weighted by Crippen LogP contribution is -2.33. The van der Waals surface area contributed by atoms with Gasteiger partial charge < -0.3 is 38.5 Å². The highest BCUT2D eigenvalue weighted by atomic mass is 79.9. The minimum Gasteiger partial charge on any atom is -0.497 e. The van der Waals surface area contributed by atoms with E-state index in [1.165, 1.54) is 34.2 Å². The predicted molar refractivity (Wildman–Crippen MR) is 287 cm³/mol. The summed E-state index contributed by atoms with van der Waals surface area (Å²) in [6.07, 6.45) is 0.121. The Morgan fingerprint density at radius 3 is 1.05 bits per heavy atom. The van der Waals surface area contributed by atoms with Crippen molar-refractivity contribution in [3.05, 3.63) is 111 Å². The van der Waals surface area contributed by atoms with Gasteiger partial charge in [-0.05, 0) is 158 Å². The van der Waals surface area contributed by atoms with E-state index in [1.807, 2.05) is 91.8 Å². The third kappa shape index (κ3) is 15.2. The molecule has 344 valence electrons. The molecule has 0 fully saturated rings. The van der Waals surface area contributed by atoms with E-state index in [0.29, 0.717) is 11.5 Å². The smallest absolute Gasteiger partial charge is 0.496 e. The Morgan fingerprint density at radius 1 is 0.422 bits per heavy atom. The van der Waals surface area contributed by atoms with Gasteiger partial charge in [-0.2, -0.15) is 0 Å². The van der Waals surface area contributed by atoms with Crippen molar-refractivity contribution in [3.8, 4) is 74.9 Å². The van der Waals surface area contributed by atoms with Crippen LogP contribution in [0.3, 0.4) is 0 Å². The first kappa shape index (κ1) is 54.6. The molecule has 4 heterocycles. The molecule has 0 unspecified atom stereocenters. The highest BCUT2D eigenvalue weighted by molar-refractivity contribution is 9.11. The summed E-state index contributed by atoms with van der Waals surface area (Å²) in [4.78, 5) is 7.23. The third-order valence-electron chi connectivity index (χ3n) is 8.34. The van der Waals surface area contributed by atoms with Crippen molar-refractivity contribution in [1.82, 2.24) is 0 Å². The number of benzene rings is 3. The summed E-state index contributed by atoms with van der Waals surface area (Å²) < 4.78 is 36.4. The molecule has 7 rings (SSSR count). The van der Waals surface area contributed by atoms with Gasteiger partial charge in [-0.3, -0.25) is 0 Å². The maximum Gasteiger partial charge on any atom is 0.496 e. The van der Waals surface area contributed by atoms with Crippen molar-refractivity contribution in [2.45, 2.75) is 73.7 Å². The van der Waals surface area contributed by atoms with E-state index in [0.717, 1.165) is 43.9 Å². The number of hydrogen-bond donors (Lipinski definition) is 2. The van der Waals surface area contributed by atoms with Gasteiger partial charge >= 0.3 is 7.12 Å². The van der Waals surface area contributed by atoms with Crippen LogP contribution in [0.1, 0.15) is 55.4 Å². The summed E-state index contributed by atoms with van der Waals surface area (Å²) in [5, 5.41) is 18.4. The molecule has 0 aliphatic heterocycles. The summed E-state index contributed by atoms with van der Waals surface area (Å²) in [5.41, 5.74) is 2.24. The Labute approximate surface area is 414 Å². The molecule has 7 aromatic rings. The Hall–Kier alpha value is -3.73. The fraction of sp³-hybridized carbons (Fsp3) is 0.292. The zero-order valence-corrected chi connectivity index (χ0v) is 43.8. The first-order valence-electron chi connectivity index (χ1n) is 20.3. The fourth-order valence-electron chi connectivity index (χ4n) is 5.97. The largest absolute Gasteiger partial charge is 0.497 e. The van der Waals surface area contributed by atoms with E-state index in [1.54, 1.807) is 77.8 Å². The lowest BCUT2D eigenvalue weighted by Gasteiger charge is -2.16. The van der Waals surface area contributed by atoms with Crippen LogP contribution in [0.5, 0.6) is 34.5 Å². The van der Waals surface area contributed by atoms with Crippen molar-refractivity contribution >= 4 is 98.2 Å². The van der Waals surface area contributed by atoms with E-state index >= 15 is 0 Å². The fourth-order valence-corrected chi connectivity index (χ4v) is 11.0. The average molecular weight is 1070 g/mol. The van der Waals surface area contributed by atoms with Gasteiger partial charge in [0.1, 0.15) is 34.5 Å². The van der Waals surface area contributed by atoms with Gasteiger partial charge in [0, 0.05) is 29.3 Å². The molecule has 0 spiro atoms. The van der Waals surface area contributed by atoms with Crippen molar-refractivity contribution in [2.24, 2.45) is 0 Å². The van der Waals surface area contributed by atoms with E-state index in [4.69, 9.17) is 28.4 Å². The highest BCUT2D eigenvalue weighted by Crippen LogP contribution is 2.48. The molecule has 0 aliphatic rings. The average Bonchev–Trinajstić information content (AvgIpc) is 4.10. The Morgan fingerprint density at radius 2 is 0.719 bits per heavy atom. The summed E-state index contributed by atoms with van der Waals surface area (Å²) in [7, 11) is 3.26. The first-order chi connectivity index (χ1) is 30.2. The molecule has 0 atom stereocenters. The minimum atomic E-state index is -1.60. The zero-order valence-electron chi connectivity index (χ0n) is 37.4. The summed E-state index contributed by atoms with van der Waals surface area (Å²) in [6.45, 7) is 15.9. The van der Waals surface area contributed by atoms with E-state index in [9.17, 15) is 10.0 Å². The van der Waals surface area contributed by atoms with E-state index in [-0.39, 0.29) is 32.2 Å². The quantitative estimate of drug-likeness (QED) is 0.104. The second-order valence-electron chi connectivity index (χ2n) is 13.9. The Balaban J connectivity index is 0.000000298. The summed E-state index contributed by atoms with van der Waals surface area (Å²) in [5.74, 6) is 4.12. The highest BCUT2D eigenvalue weighted by Gasteiger charge is 2.23. The normalized spacial score (nSPS) is 10.4. The molecule has 0 saturated carbocycles. The van der Waals surface area contributed by atoms with Crippen LogP contribution in [0.2, 0.25) is 0 Å². The number of ether oxygens (including phenoxy) is 6. The van der Waals surface area contributed by atoms with Gasteiger partial charge in [0.05, 0.1) is 63.8 Å². The first-order valence-corrected chi connectivity index (χ1v) is 25.2. The number of halogens is 2. The van der Waals surface area contributed by atoms with Gasteiger partial charge in [0.2, 0.25) is 0 Å². The molecule has 0 radical (unpaired) electrons. The van der Waals surface area contributed by atoms with Crippen LogP contribution in [0, 0.1) is 0 Å². The standard InChI is InChI=1S/C28H30O4S2.C10H15BO4.C8H4Br2S2.C2H6.BH4/c1-17(2)31-21-11-7-9-19(29-5)27(21)25-15-13-23(33-25)24-14-16-26(34-24)28-20(30-6)10-8-12-22(28)32-18(3)4;1-7(2)15-9-6-4-5-8(14-3)10(9)11(12)13;9-7-3-1-5(11-7)6-2-4-8(10)12-6;1-2;/h7-18H,1-6H3;4-7,12-13H,1-3H3;1-4H;1-2H3;1H4/q;;;;-1. The maximum atomic E-state index is 9.22. The Bertz CT molecular complexity index is 2320. The second-order valence-corrected chi connectivity index (χ2v) is 21.0. The minimum absolute atomic E-state index is 0. The van der Waals surface area contributed by atoms with Crippen LogP contribution in [-0.4, -0.2) is 65.2 Å². The maximum absolute atomic E-state index is 9.22. The number of rotatable bonds is 14. The monoisotopic (exact) mass is 1070 g/mol. The van der Waals surface area contributed by atoms with Gasteiger partial charge in [-0.15, -0.1) is 45.3 Å². The third-order valence-corrected chi connectivity index (χ3v) is 14.2. The van der Waals surface area contributed by atoms with Gasteiger partial charge in [0.15, 0.2) is 0 Å². The predicted octanol–water partition coefficient (Wildman–Crippen LogP) is 13.1. The zero-order chi connectivity index (χ0) is 46.2. The van der Waals surface area contributed by atoms with Crippen molar-refractivity contribution in [3.63, 3.8) is 0 Å². The number of methoxy groups -OCH3 is 3. The van der Waals surface area contributed by atoms with Gasteiger partial charge in [-0.25, -0.2) is 0 Å². The van der Waals surface area contributed by atoms with Crippen LogP contribution in [0.4, 0.5) is 0 Å². The lowest BCUT2D eigenvalue weighted by atomic mass is 9.78. The van der Waals surface area contributed by atoms with Crippen LogP contribution in [0.25, 0.3) is 40.4 Å². The summed E-state index contributed by atoms with van der Waals surface area (Å²) >= 11 is 13.9. The molecule has 64 heavy (non-hydrogen) atoms. The van der Waals surface area contributed by atoms with E-state index < -0.39 is 7.12 Å². The molecule has 2 N–H and O–H groups in total. The van der Waals surface area contributed by atoms with Crippen LogP contribution >= 0.6 is 77.2 Å². The SMILES string of the molecule is Brc1ccc(-c2ccc(Br)s2)s1.CC.COc1cccc(OC(C)C)c1-c1ccc(-c2ccc(-c3c(OC)cccc3OC(C)C)s2)s1.COc1cccc(OC(C)C)c1B(O)O.[BH4-]. The Kier molecular flexibility index (Phi) is 23.1. The van der Waals surface area contributed by atoms with Crippen molar-refractivity contribution < 1.29 is 38.5 Å². The van der Waals surface area contributed by atoms with Crippen molar-refractivity contribution in [2.75, 3.05) is 21.3 Å². The molecule has 0 saturated heterocycles. The van der Waals surface area contributed by atoms with Gasteiger partial charge in [0.25, 0.3) is 0 Å². The lowest BCUT2D eigenvalue weighted by molar-refractivity contribution is 0.242. The molecule has 3 aromatic carbocycles. The molecule has 4 aromatic heterocycles. The molecular weight excluding hydrogens is 1010 g/mol. The molecule has 0 aliphatic carbocycles. The summed E-state index contributed by atoms with van der Waals surface area (Å²) in [6, 6.07) is 34.0. The van der Waals surface area contributed by atoms with Crippen molar-refractivity contribution in [1.29, 1.82) is 0 Å². The molecule has 16 heteroatoms. The second kappa shape index (κ2) is 27.0. The molecule has 0 amide bonds.